The van der Waals surface area contributed by atoms with E-state index in [9.17, 15) is 9.90 Å². The van der Waals surface area contributed by atoms with Crippen molar-refractivity contribution in [3.8, 4) is 22.6 Å². The van der Waals surface area contributed by atoms with Crippen molar-refractivity contribution >= 4 is 28.8 Å². The predicted molar refractivity (Wildman–Crippen MR) is 106 cm³/mol. The molecule has 5 nitrogen and oxygen atoms in total. The molecule has 1 aliphatic heterocycles. The number of nitrogens with zero attached hydrogens (tertiary/aromatic N) is 2. The highest BCUT2D eigenvalue weighted by molar-refractivity contribution is 7.09. The SMILES string of the molecule is Cc1nc(C(=O)N2CCOc3c(O)cc(-c4cccc(Cl)c4)cc3C2)cs1. The van der Waals surface area contributed by atoms with Gasteiger partial charge in [0.05, 0.1) is 11.6 Å². The van der Waals surface area contributed by atoms with Gasteiger partial charge in [0.2, 0.25) is 0 Å². The first-order chi connectivity index (χ1) is 13.0. The van der Waals surface area contributed by atoms with Gasteiger partial charge >= 0.3 is 0 Å². The Labute approximate surface area is 165 Å². The van der Waals surface area contributed by atoms with Crippen molar-refractivity contribution in [2.75, 3.05) is 13.2 Å². The number of aromatic nitrogens is 1. The van der Waals surface area contributed by atoms with Crippen molar-refractivity contribution < 1.29 is 14.6 Å². The number of hydrogen-bond donors (Lipinski definition) is 1. The van der Waals surface area contributed by atoms with Gasteiger partial charge in [-0.05, 0) is 42.3 Å². The molecule has 27 heavy (non-hydrogen) atoms. The molecule has 0 fully saturated rings. The molecule has 3 aromatic rings. The topological polar surface area (TPSA) is 62.7 Å². The first-order valence-corrected chi connectivity index (χ1v) is 9.73. The summed E-state index contributed by atoms with van der Waals surface area (Å²) in [5.74, 6) is 0.343. The summed E-state index contributed by atoms with van der Waals surface area (Å²) in [5.41, 5.74) is 2.90. The van der Waals surface area contributed by atoms with Gasteiger partial charge in [-0.25, -0.2) is 4.98 Å². The molecule has 1 N–H and O–H groups in total. The molecule has 0 aliphatic carbocycles. The van der Waals surface area contributed by atoms with Gasteiger partial charge in [0.15, 0.2) is 11.5 Å². The van der Waals surface area contributed by atoms with E-state index in [1.807, 2.05) is 31.2 Å². The van der Waals surface area contributed by atoms with Crippen molar-refractivity contribution in [2.45, 2.75) is 13.5 Å². The number of phenols is 1. The lowest BCUT2D eigenvalue weighted by Crippen LogP contribution is -2.32. The number of ether oxygens (including phenoxy) is 1. The minimum Gasteiger partial charge on any atom is -0.504 e. The first-order valence-electron chi connectivity index (χ1n) is 8.47. The quantitative estimate of drug-likeness (QED) is 0.687. The second-order valence-electron chi connectivity index (χ2n) is 6.32. The van der Waals surface area contributed by atoms with Crippen LogP contribution in [0.4, 0.5) is 0 Å². The van der Waals surface area contributed by atoms with Gasteiger partial charge in [-0.1, -0.05) is 23.7 Å². The van der Waals surface area contributed by atoms with E-state index in [0.717, 1.165) is 21.7 Å². The molecule has 0 atom stereocenters. The number of carbonyl (C=O) groups is 1. The number of amides is 1. The van der Waals surface area contributed by atoms with E-state index in [0.29, 0.717) is 36.2 Å². The molecule has 1 aliphatic rings. The smallest absolute Gasteiger partial charge is 0.273 e. The van der Waals surface area contributed by atoms with E-state index in [4.69, 9.17) is 16.3 Å². The predicted octanol–water partition coefficient (Wildman–Crippen LogP) is 4.51. The van der Waals surface area contributed by atoms with Crippen molar-refractivity contribution in [2.24, 2.45) is 0 Å². The number of thiazole rings is 1. The van der Waals surface area contributed by atoms with Crippen molar-refractivity contribution in [1.82, 2.24) is 9.88 Å². The van der Waals surface area contributed by atoms with Crippen LogP contribution in [0.5, 0.6) is 11.5 Å². The maximum absolute atomic E-state index is 12.8. The van der Waals surface area contributed by atoms with Crippen LogP contribution >= 0.6 is 22.9 Å². The summed E-state index contributed by atoms with van der Waals surface area (Å²) in [6.45, 7) is 2.95. The lowest BCUT2D eigenvalue weighted by Gasteiger charge is -2.19. The van der Waals surface area contributed by atoms with E-state index in [-0.39, 0.29) is 11.7 Å². The van der Waals surface area contributed by atoms with Gasteiger partial charge in [-0.3, -0.25) is 4.79 Å². The molecule has 1 amide bonds. The summed E-state index contributed by atoms with van der Waals surface area (Å²) in [5, 5.41) is 13.7. The summed E-state index contributed by atoms with van der Waals surface area (Å²) in [7, 11) is 0. The molecule has 0 saturated carbocycles. The zero-order valence-electron chi connectivity index (χ0n) is 14.6. The average Bonchev–Trinajstić information content (AvgIpc) is 2.96. The van der Waals surface area contributed by atoms with E-state index in [2.05, 4.69) is 4.98 Å². The van der Waals surface area contributed by atoms with Crippen LogP contribution in [-0.4, -0.2) is 34.0 Å². The Bertz CT molecular complexity index is 1020. The van der Waals surface area contributed by atoms with Crippen LogP contribution in [0.1, 0.15) is 21.1 Å². The van der Waals surface area contributed by atoms with Gasteiger partial charge in [0.1, 0.15) is 12.3 Å². The Hall–Kier alpha value is -2.57. The van der Waals surface area contributed by atoms with E-state index in [1.54, 1.807) is 22.4 Å². The third-order valence-corrected chi connectivity index (χ3v) is 5.41. The van der Waals surface area contributed by atoms with Crippen molar-refractivity contribution in [3.05, 3.63) is 63.1 Å². The summed E-state index contributed by atoms with van der Waals surface area (Å²) < 4.78 is 5.73. The minimum atomic E-state index is -0.136. The monoisotopic (exact) mass is 400 g/mol. The number of aryl methyl sites for hydroxylation is 1. The number of phenolic OH excluding ortho intramolecular Hbond substituents is 1. The molecule has 138 valence electrons. The maximum Gasteiger partial charge on any atom is 0.273 e. The standard InChI is InChI=1S/C20H17ClN2O3S/c1-12-22-17(11-27-12)20(25)23-5-6-26-19-15(10-23)7-14(9-18(19)24)13-3-2-4-16(21)8-13/h2-4,7-9,11,24H,5-6,10H2,1H3. The van der Waals surface area contributed by atoms with Crippen LogP contribution in [0.25, 0.3) is 11.1 Å². The molecule has 4 rings (SSSR count). The third-order valence-electron chi connectivity index (χ3n) is 4.40. The van der Waals surface area contributed by atoms with E-state index in [1.165, 1.54) is 11.3 Å². The van der Waals surface area contributed by atoms with Crippen LogP contribution in [-0.2, 0) is 6.54 Å². The largest absolute Gasteiger partial charge is 0.504 e. The molecule has 2 heterocycles. The summed E-state index contributed by atoms with van der Waals surface area (Å²) in [4.78, 5) is 18.8. The summed E-state index contributed by atoms with van der Waals surface area (Å²) in [6, 6.07) is 11.0. The van der Waals surface area contributed by atoms with Crippen LogP contribution in [0.15, 0.2) is 41.8 Å². The zero-order chi connectivity index (χ0) is 19.0. The van der Waals surface area contributed by atoms with Crippen molar-refractivity contribution in [1.29, 1.82) is 0 Å². The minimum absolute atomic E-state index is 0.0567. The second kappa shape index (κ2) is 7.21. The van der Waals surface area contributed by atoms with E-state index >= 15 is 0 Å². The lowest BCUT2D eigenvalue weighted by molar-refractivity contribution is 0.0728. The highest BCUT2D eigenvalue weighted by Crippen LogP contribution is 2.38. The maximum atomic E-state index is 12.8. The lowest BCUT2D eigenvalue weighted by atomic mass is 10.0. The number of benzene rings is 2. The fraction of sp³-hybridized carbons (Fsp3) is 0.200. The molecule has 0 spiro atoms. The van der Waals surface area contributed by atoms with Gasteiger partial charge < -0.3 is 14.7 Å². The van der Waals surface area contributed by atoms with Gasteiger partial charge in [0.25, 0.3) is 5.91 Å². The number of halogens is 1. The number of hydrogen-bond acceptors (Lipinski definition) is 5. The highest BCUT2D eigenvalue weighted by Gasteiger charge is 2.25. The number of aromatic hydroxyl groups is 1. The molecule has 0 unspecified atom stereocenters. The van der Waals surface area contributed by atoms with Gasteiger partial charge in [-0.15, -0.1) is 11.3 Å². The molecule has 0 radical (unpaired) electrons. The fourth-order valence-corrected chi connectivity index (χ4v) is 3.91. The summed E-state index contributed by atoms with van der Waals surface area (Å²) >= 11 is 7.54. The molecular formula is C20H17ClN2O3S. The van der Waals surface area contributed by atoms with Crippen LogP contribution in [0.2, 0.25) is 5.02 Å². The van der Waals surface area contributed by atoms with Crippen LogP contribution < -0.4 is 4.74 Å². The van der Waals surface area contributed by atoms with Crippen molar-refractivity contribution in [3.63, 3.8) is 0 Å². The first kappa shape index (κ1) is 17.8. The number of rotatable bonds is 2. The number of carbonyl (C=O) groups excluding carboxylic acids is 1. The molecule has 1 aromatic heterocycles. The molecule has 2 aromatic carbocycles. The molecular weight excluding hydrogens is 384 g/mol. The Morgan fingerprint density at radius 1 is 1.30 bits per heavy atom. The fourth-order valence-electron chi connectivity index (χ4n) is 3.13. The Morgan fingerprint density at radius 2 is 2.15 bits per heavy atom. The van der Waals surface area contributed by atoms with E-state index < -0.39 is 0 Å². The number of fused-ring (bicyclic) bond motifs is 1. The van der Waals surface area contributed by atoms with Gasteiger partial charge in [0, 0.05) is 22.5 Å². The molecule has 0 saturated heterocycles. The Balaban J connectivity index is 1.69. The molecule has 7 heteroatoms. The molecule has 0 bridgehead atoms. The Kier molecular flexibility index (Phi) is 4.76. The second-order valence-corrected chi connectivity index (χ2v) is 7.82. The highest BCUT2D eigenvalue weighted by atomic mass is 35.5. The zero-order valence-corrected chi connectivity index (χ0v) is 16.2. The van der Waals surface area contributed by atoms with Crippen LogP contribution in [0, 0.1) is 6.92 Å². The summed E-state index contributed by atoms with van der Waals surface area (Å²) in [6.07, 6.45) is 0. The van der Waals surface area contributed by atoms with Crippen LogP contribution in [0.3, 0.4) is 0 Å². The average molecular weight is 401 g/mol. The van der Waals surface area contributed by atoms with Gasteiger partial charge in [-0.2, -0.15) is 0 Å². The normalized spacial score (nSPS) is 13.6. The third kappa shape index (κ3) is 3.63. The Morgan fingerprint density at radius 3 is 2.89 bits per heavy atom.